The van der Waals surface area contributed by atoms with Crippen molar-refractivity contribution in [3.8, 4) is 10.6 Å². The zero-order valence-electron chi connectivity index (χ0n) is 24.8. The number of amides is 1. The van der Waals surface area contributed by atoms with Crippen LogP contribution in [0.15, 0.2) is 52.9 Å². The van der Waals surface area contributed by atoms with Crippen molar-refractivity contribution in [2.24, 2.45) is 18.7 Å². The number of halogens is 3. The first-order chi connectivity index (χ1) is 22.0. The Morgan fingerprint density at radius 3 is 2.64 bits per heavy atom. The van der Waals surface area contributed by atoms with Gasteiger partial charge >= 0.3 is 6.18 Å². The van der Waals surface area contributed by atoms with Gasteiger partial charge in [0, 0.05) is 43.8 Å². The molecule has 1 aromatic carbocycles. The number of rotatable bonds is 9. The van der Waals surface area contributed by atoms with Gasteiger partial charge in [-0.3, -0.25) is 24.0 Å². The van der Waals surface area contributed by atoms with Crippen molar-refractivity contribution >= 4 is 55.5 Å². The molecule has 0 bridgehead atoms. The van der Waals surface area contributed by atoms with Gasteiger partial charge in [0.1, 0.15) is 21.6 Å². The van der Waals surface area contributed by atoms with E-state index in [1.807, 2.05) is 24.3 Å². The maximum Gasteiger partial charge on any atom is 0.433 e. The number of guanidine groups is 1. The molecule has 1 aliphatic rings. The molecule has 1 unspecified atom stereocenters. The Morgan fingerprint density at radius 2 is 1.98 bits per heavy atom. The minimum Gasteiger partial charge on any atom is -0.370 e. The summed E-state index contributed by atoms with van der Waals surface area (Å²) < 4.78 is 92.7. The van der Waals surface area contributed by atoms with E-state index in [-0.39, 0.29) is 39.6 Å². The van der Waals surface area contributed by atoms with Crippen molar-refractivity contribution in [1.29, 1.82) is 5.41 Å². The number of likely N-dealkylation sites (tertiary alicyclic amines) is 1. The zero-order chi connectivity index (χ0) is 34.5. The van der Waals surface area contributed by atoms with Crippen LogP contribution in [-0.2, 0) is 45.8 Å². The van der Waals surface area contributed by atoms with E-state index >= 15 is 0 Å². The first-order valence-electron chi connectivity index (χ1n) is 14.0. The number of nitrogens with two attached hydrogens (primary N) is 1. The third-order valence-electron chi connectivity index (χ3n) is 7.41. The van der Waals surface area contributed by atoms with Crippen molar-refractivity contribution in [3.05, 3.63) is 59.9 Å². The van der Waals surface area contributed by atoms with Crippen LogP contribution < -0.4 is 15.8 Å². The number of aromatic nitrogens is 3. The SMILES string of the molecule is Cn1nc(-c2ccc(S(=O)(=O)N[C@H](Cc3c[nH]c4ccccc34)C(=O)NCC3CCCN(C(=N)N)C3)s2)cc1C(F)(F)F.O=S(O)O. The summed E-state index contributed by atoms with van der Waals surface area (Å²) >= 11 is -1.85. The lowest BCUT2D eigenvalue weighted by Gasteiger charge is -2.33. The number of fused-ring (bicyclic) bond motifs is 1. The Morgan fingerprint density at radius 1 is 1.28 bits per heavy atom. The highest BCUT2D eigenvalue weighted by Gasteiger charge is 2.35. The molecular weight excluding hydrogens is 686 g/mol. The molecule has 20 heteroatoms. The monoisotopic (exact) mass is 718 g/mol. The molecule has 1 fully saturated rings. The molecule has 0 radical (unpaired) electrons. The molecule has 8 N–H and O–H groups in total. The van der Waals surface area contributed by atoms with E-state index in [0.717, 1.165) is 53.8 Å². The number of piperidine rings is 1. The predicted molar refractivity (Wildman–Crippen MR) is 170 cm³/mol. The predicted octanol–water partition coefficient (Wildman–Crippen LogP) is 2.94. The lowest BCUT2D eigenvalue weighted by molar-refractivity contribution is -0.143. The summed E-state index contributed by atoms with van der Waals surface area (Å²) in [5.74, 6) is -0.520. The zero-order valence-corrected chi connectivity index (χ0v) is 27.3. The van der Waals surface area contributed by atoms with Gasteiger partial charge in [0.25, 0.3) is 21.4 Å². The quantitative estimate of drug-likeness (QED) is 0.0768. The van der Waals surface area contributed by atoms with E-state index < -0.39 is 45.2 Å². The van der Waals surface area contributed by atoms with Gasteiger partial charge in [-0.1, -0.05) is 18.2 Å². The molecule has 256 valence electrons. The highest BCUT2D eigenvalue weighted by atomic mass is 32.2. The van der Waals surface area contributed by atoms with Crippen molar-refractivity contribution in [2.45, 2.75) is 35.7 Å². The maximum atomic E-state index is 13.5. The average molecular weight is 719 g/mol. The minimum absolute atomic E-state index is 0.0125. The molecule has 0 spiro atoms. The Balaban J connectivity index is 0.00000118. The number of H-pyrrole nitrogens is 1. The molecule has 1 saturated heterocycles. The van der Waals surface area contributed by atoms with Gasteiger partial charge in [-0.2, -0.15) is 27.2 Å². The van der Waals surface area contributed by atoms with Gasteiger partial charge in [0.15, 0.2) is 5.96 Å². The largest absolute Gasteiger partial charge is 0.433 e. The molecule has 14 nitrogen and oxygen atoms in total. The molecule has 4 aromatic rings. The number of thiophene rings is 1. The van der Waals surface area contributed by atoms with E-state index in [0.29, 0.717) is 17.8 Å². The van der Waals surface area contributed by atoms with Gasteiger partial charge in [0.2, 0.25) is 5.91 Å². The fourth-order valence-electron chi connectivity index (χ4n) is 5.23. The van der Waals surface area contributed by atoms with Crippen molar-refractivity contribution < 1.29 is 39.7 Å². The second-order valence-electron chi connectivity index (χ2n) is 10.7. The highest BCUT2D eigenvalue weighted by Crippen LogP contribution is 2.35. The summed E-state index contributed by atoms with van der Waals surface area (Å²) in [4.78, 5) is 18.6. The van der Waals surface area contributed by atoms with Crippen molar-refractivity contribution in [1.82, 2.24) is 29.7 Å². The van der Waals surface area contributed by atoms with E-state index in [1.165, 1.54) is 12.1 Å². The van der Waals surface area contributed by atoms with Crippen LogP contribution in [0, 0.1) is 11.3 Å². The van der Waals surface area contributed by atoms with Gasteiger partial charge in [0.05, 0.1) is 4.88 Å². The maximum absolute atomic E-state index is 13.5. The topological polar surface area (TPSA) is 220 Å². The number of carbonyl (C=O) groups is 1. The third-order valence-corrected chi connectivity index (χ3v) is 10.5. The second-order valence-corrected chi connectivity index (χ2v) is 14.2. The summed E-state index contributed by atoms with van der Waals surface area (Å²) in [7, 11) is -3.09. The van der Waals surface area contributed by atoms with Gasteiger partial charge in [-0.05, 0) is 55.0 Å². The number of nitrogens with zero attached hydrogens (tertiary/aromatic N) is 3. The fraction of sp³-hybridized carbons (Fsp3) is 0.370. The normalized spacial score (nSPS) is 16.1. The average Bonchev–Trinajstić information content (AvgIpc) is 3.74. The Kier molecular flexibility index (Phi) is 11.5. The van der Waals surface area contributed by atoms with E-state index in [4.69, 9.17) is 24.5 Å². The standard InChI is InChI=1S/C27H31F3N8O3S2.H2O3S/c1-37-23(27(28,29)30)12-20(35-37)22-8-9-24(42-22)43(40,41)36-21(11-17-14-33-19-7-3-2-6-18(17)19)25(39)34-13-16-5-4-10-38(15-16)26(31)32;1-4(2)3/h2-3,6-9,12,14,16,21,33,36H,4-5,10-11,13,15H2,1H3,(H3,31,32)(H,34,39);(H2,1,2,3)/t16?,21-;/m1./s1. The van der Waals surface area contributed by atoms with Crippen LogP contribution in [-0.4, -0.2) is 78.9 Å². The van der Waals surface area contributed by atoms with E-state index in [9.17, 15) is 26.4 Å². The van der Waals surface area contributed by atoms with Crippen molar-refractivity contribution in [3.63, 3.8) is 0 Å². The number of nitrogens with one attached hydrogen (secondary N) is 4. The number of alkyl halides is 3. The summed E-state index contributed by atoms with van der Waals surface area (Å²) in [5, 5.41) is 15.3. The number of aromatic amines is 1. The number of sulfonamides is 1. The van der Waals surface area contributed by atoms with Gasteiger partial charge < -0.3 is 20.9 Å². The number of carbonyl (C=O) groups excluding carboxylic acids is 1. The van der Waals surface area contributed by atoms with E-state index in [1.54, 1.807) is 11.1 Å². The fourth-order valence-corrected chi connectivity index (χ4v) is 7.70. The molecule has 5 rings (SSSR count). The molecule has 1 aliphatic heterocycles. The minimum atomic E-state index is -4.61. The summed E-state index contributed by atoms with van der Waals surface area (Å²) in [6.07, 6.45) is -1.20. The van der Waals surface area contributed by atoms with Crippen LogP contribution in [0.5, 0.6) is 0 Å². The number of para-hydroxylation sites is 1. The Hall–Kier alpha value is -3.82. The van der Waals surface area contributed by atoms with Crippen LogP contribution in [0.3, 0.4) is 0 Å². The molecule has 0 saturated carbocycles. The number of benzene rings is 1. The van der Waals surface area contributed by atoms with Crippen LogP contribution in [0.2, 0.25) is 0 Å². The molecular formula is C27H33F3N8O6S3. The molecule has 47 heavy (non-hydrogen) atoms. The Labute approximate surface area is 274 Å². The third kappa shape index (κ3) is 9.39. The smallest absolute Gasteiger partial charge is 0.370 e. The highest BCUT2D eigenvalue weighted by molar-refractivity contribution is 7.91. The van der Waals surface area contributed by atoms with Crippen LogP contribution in [0.25, 0.3) is 21.5 Å². The van der Waals surface area contributed by atoms with Crippen molar-refractivity contribution in [2.75, 3.05) is 19.6 Å². The molecule has 1 amide bonds. The molecule has 0 aliphatic carbocycles. The molecule has 4 heterocycles. The molecule has 3 aromatic heterocycles. The van der Waals surface area contributed by atoms with Crippen LogP contribution in [0.4, 0.5) is 13.2 Å². The van der Waals surface area contributed by atoms with Crippen LogP contribution >= 0.6 is 11.3 Å². The van der Waals surface area contributed by atoms with E-state index in [2.05, 4.69) is 20.1 Å². The summed E-state index contributed by atoms with van der Waals surface area (Å²) in [6.45, 7) is 1.46. The first-order valence-corrected chi connectivity index (χ1v) is 17.4. The number of hydrogen-bond acceptors (Lipinski definition) is 7. The lowest BCUT2D eigenvalue weighted by Crippen LogP contribution is -2.50. The molecule has 2 atom stereocenters. The number of aryl methyl sites for hydroxylation is 1. The second kappa shape index (κ2) is 14.9. The number of hydrogen-bond donors (Lipinski definition) is 7. The summed E-state index contributed by atoms with van der Waals surface area (Å²) in [6, 6.07) is 9.79. The summed E-state index contributed by atoms with van der Waals surface area (Å²) in [5.41, 5.74) is 6.23. The van der Waals surface area contributed by atoms with Gasteiger partial charge in [-0.15, -0.1) is 11.3 Å². The Bertz CT molecular complexity index is 1850. The lowest BCUT2D eigenvalue weighted by atomic mass is 9.98. The van der Waals surface area contributed by atoms with Crippen LogP contribution in [0.1, 0.15) is 24.1 Å². The first kappa shape index (κ1) is 36.0. The van der Waals surface area contributed by atoms with Gasteiger partial charge in [-0.25, -0.2) is 8.42 Å².